The molecule has 1 N–H and O–H groups in total. The van der Waals surface area contributed by atoms with Crippen molar-refractivity contribution in [3.05, 3.63) is 11.6 Å². The van der Waals surface area contributed by atoms with Gasteiger partial charge in [-0.1, -0.05) is 11.6 Å². The maximum absolute atomic E-state index is 3.80. The first-order valence-corrected chi connectivity index (χ1v) is 7.46. The molecule has 2 nitrogen and oxygen atoms in total. The van der Waals surface area contributed by atoms with Crippen LogP contribution < -0.4 is 5.32 Å². The van der Waals surface area contributed by atoms with Crippen molar-refractivity contribution in [2.75, 3.05) is 13.6 Å². The molecule has 0 amide bonds. The number of fused-ring (bicyclic) bond motifs is 2. The molecule has 2 aliphatic heterocycles. The quantitative estimate of drug-likeness (QED) is 0.752. The van der Waals surface area contributed by atoms with Gasteiger partial charge in [-0.2, -0.15) is 0 Å². The number of nitrogens with zero attached hydrogens (tertiary/aromatic N) is 1. The second-order valence-corrected chi connectivity index (χ2v) is 6.18. The highest BCUT2D eigenvalue weighted by atomic mass is 15.2. The lowest BCUT2D eigenvalue weighted by Gasteiger charge is -2.36. The Kier molecular flexibility index (Phi) is 3.53. The smallest absolute Gasteiger partial charge is 0.0111 e. The lowest BCUT2D eigenvalue weighted by Crippen LogP contribution is -2.47. The van der Waals surface area contributed by atoms with E-state index in [-0.39, 0.29) is 0 Å². The fraction of sp³-hybridized carbons (Fsp3) is 0.867. The van der Waals surface area contributed by atoms with Crippen LogP contribution in [0.2, 0.25) is 0 Å². The molecule has 2 atom stereocenters. The average Bonchev–Trinajstić information content (AvgIpc) is 2.87. The van der Waals surface area contributed by atoms with Crippen LogP contribution in [-0.4, -0.2) is 36.6 Å². The van der Waals surface area contributed by atoms with Crippen LogP contribution in [0, 0.1) is 0 Å². The third kappa shape index (κ3) is 2.58. The third-order valence-electron chi connectivity index (χ3n) is 5.11. The van der Waals surface area contributed by atoms with E-state index in [4.69, 9.17) is 0 Å². The average molecular weight is 234 g/mol. The van der Waals surface area contributed by atoms with Gasteiger partial charge in [-0.15, -0.1) is 0 Å². The van der Waals surface area contributed by atoms with Crippen LogP contribution in [0.25, 0.3) is 0 Å². The molecule has 2 fully saturated rings. The van der Waals surface area contributed by atoms with Gasteiger partial charge < -0.3 is 10.2 Å². The minimum absolute atomic E-state index is 0.797. The van der Waals surface area contributed by atoms with E-state index in [1.54, 1.807) is 5.57 Å². The van der Waals surface area contributed by atoms with Gasteiger partial charge in [0.2, 0.25) is 0 Å². The highest BCUT2D eigenvalue weighted by Gasteiger charge is 2.37. The Bertz CT molecular complexity index is 283. The summed E-state index contributed by atoms with van der Waals surface area (Å²) in [6.07, 6.45) is 13.5. The van der Waals surface area contributed by atoms with Crippen molar-refractivity contribution in [2.24, 2.45) is 0 Å². The lowest BCUT2D eigenvalue weighted by molar-refractivity contribution is 0.149. The van der Waals surface area contributed by atoms with Crippen molar-refractivity contribution in [1.82, 2.24) is 10.2 Å². The summed E-state index contributed by atoms with van der Waals surface area (Å²) in [5, 5.41) is 3.80. The summed E-state index contributed by atoms with van der Waals surface area (Å²) in [6, 6.07) is 2.54. The molecule has 3 rings (SSSR count). The van der Waals surface area contributed by atoms with Crippen molar-refractivity contribution in [1.29, 1.82) is 0 Å². The summed E-state index contributed by atoms with van der Waals surface area (Å²) in [5.74, 6) is 0. The Labute approximate surface area is 105 Å². The van der Waals surface area contributed by atoms with Crippen LogP contribution in [-0.2, 0) is 0 Å². The van der Waals surface area contributed by atoms with Crippen LogP contribution in [0.3, 0.4) is 0 Å². The number of rotatable bonds is 4. The number of piperidine rings is 1. The fourth-order valence-electron chi connectivity index (χ4n) is 3.98. The molecule has 0 spiro atoms. The Balaban J connectivity index is 1.41. The fourth-order valence-corrected chi connectivity index (χ4v) is 3.98. The molecule has 0 aromatic carbocycles. The molecule has 1 aliphatic carbocycles. The molecule has 0 aromatic heterocycles. The number of hydrogen-bond donors (Lipinski definition) is 1. The van der Waals surface area contributed by atoms with Crippen molar-refractivity contribution >= 4 is 0 Å². The van der Waals surface area contributed by atoms with E-state index in [1.165, 1.54) is 57.9 Å². The van der Waals surface area contributed by atoms with Crippen LogP contribution >= 0.6 is 0 Å². The van der Waals surface area contributed by atoms with Crippen molar-refractivity contribution in [3.8, 4) is 0 Å². The summed E-state index contributed by atoms with van der Waals surface area (Å²) >= 11 is 0. The largest absolute Gasteiger partial charge is 0.314 e. The van der Waals surface area contributed by atoms with Gasteiger partial charge in [0.15, 0.2) is 0 Å². The highest BCUT2D eigenvalue weighted by molar-refractivity contribution is 5.07. The van der Waals surface area contributed by atoms with Crippen molar-refractivity contribution in [2.45, 2.75) is 69.5 Å². The molecular formula is C15H26N2. The second kappa shape index (κ2) is 5.11. The van der Waals surface area contributed by atoms with Gasteiger partial charge in [0.25, 0.3) is 0 Å². The van der Waals surface area contributed by atoms with E-state index in [1.807, 2.05) is 0 Å². The van der Waals surface area contributed by atoms with E-state index < -0.39 is 0 Å². The summed E-state index contributed by atoms with van der Waals surface area (Å²) in [4.78, 5) is 2.62. The molecule has 2 saturated heterocycles. The molecule has 0 aromatic rings. The monoisotopic (exact) mass is 234 g/mol. The first-order valence-electron chi connectivity index (χ1n) is 7.46. The Morgan fingerprint density at radius 2 is 2.06 bits per heavy atom. The molecule has 17 heavy (non-hydrogen) atoms. The minimum atomic E-state index is 0.797. The summed E-state index contributed by atoms with van der Waals surface area (Å²) in [7, 11) is 2.32. The van der Waals surface area contributed by atoms with E-state index >= 15 is 0 Å². The SMILES string of the molecule is CN1C2CCC1CC(NCCC1=CCCC1)C2. The maximum atomic E-state index is 3.80. The lowest BCUT2D eigenvalue weighted by atomic mass is 9.98. The van der Waals surface area contributed by atoms with Crippen molar-refractivity contribution < 1.29 is 0 Å². The van der Waals surface area contributed by atoms with Gasteiger partial charge in [0.05, 0.1) is 0 Å². The summed E-state index contributed by atoms with van der Waals surface area (Å²) in [6.45, 7) is 1.21. The first-order chi connectivity index (χ1) is 8.33. The molecule has 96 valence electrons. The topological polar surface area (TPSA) is 15.3 Å². The van der Waals surface area contributed by atoms with Gasteiger partial charge >= 0.3 is 0 Å². The van der Waals surface area contributed by atoms with Gasteiger partial charge in [-0.25, -0.2) is 0 Å². The summed E-state index contributed by atoms with van der Waals surface area (Å²) < 4.78 is 0. The predicted octanol–water partition coefficient (Wildman–Crippen LogP) is 2.70. The second-order valence-electron chi connectivity index (χ2n) is 6.18. The molecule has 0 radical (unpaired) electrons. The molecule has 3 aliphatic rings. The van der Waals surface area contributed by atoms with E-state index in [2.05, 4.69) is 23.3 Å². The van der Waals surface area contributed by atoms with Crippen LogP contribution in [0.15, 0.2) is 11.6 Å². The zero-order valence-electron chi connectivity index (χ0n) is 11.1. The van der Waals surface area contributed by atoms with Crippen molar-refractivity contribution in [3.63, 3.8) is 0 Å². The zero-order chi connectivity index (χ0) is 11.7. The van der Waals surface area contributed by atoms with Gasteiger partial charge in [-0.3, -0.25) is 0 Å². The Morgan fingerprint density at radius 3 is 2.71 bits per heavy atom. The Hall–Kier alpha value is -0.340. The standard InChI is InChI=1S/C15H26N2/c1-17-14-6-7-15(17)11-13(10-14)16-9-8-12-4-2-3-5-12/h4,13-16H,2-3,5-11H2,1H3. The zero-order valence-corrected chi connectivity index (χ0v) is 11.1. The van der Waals surface area contributed by atoms with Gasteiger partial charge in [0.1, 0.15) is 0 Å². The summed E-state index contributed by atoms with van der Waals surface area (Å²) in [5.41, 5.74) is 1.70. The highest BCUT2D eigenvalue weighted by Crippen LogP contribution is 2.34. The maximum Gasteiger partial charge on any atom is 0.0111 e. The number of hydrogen-bond acceptors (Lipinski definition) is 2. The molecule has 2 heterocycles. The van der Waals surface area contributed by atoms with E-state index in [0.717, 1.165) is 18.1 Å². The minimum Gasteiger partial charge on any atom is -0.314 e. The van der Waals surface area contributed by atoms with Crippen LogP contribution in [0.1, 0.15) is 51.4 Å². The van der Waals surface area contributed by atoms with E-state index in [9.17, 15) is 0 Å². The molecular weight excluding hydrogens is 208 g/mol. The van der Waals surface area contributed by atoms with Crippen LogP contribution in [0.4, 0.5) is 0 Å². The number of nitrogens with one attached hydrogen (secondary N) is 1. The normalized spacial score (nSPS) is 37.5. The molecule has 2 heteroatoms. The predicted molar refractivity (Wildman–Crippen MR) is 72.1 cm³/mol. The Morgan fingerprint density at radius 1 is 1.29 bits per heavy atom. The molecule has 2 bridgehead atoms. The van der Waals surface area contributed by atoms with Gasteiger partial charge in [0, 0.05) is 18.1 Å². The molecule has 2 unspecified atom stereocenters. The molecule has 0 saturated carbocycles. The van der Waals surface area contributed by atoms with Crippen LogP contribution in [0.5, 0.6) is 0 Å². The third-order valence-corrected chi connectivity index (χ3v) is 5.11. The first kappa shape index (κ1) is 11.7. The van der Waals surface area contributed by atoms with Gasteiger partial charge in [-0.05, 0) is 65.0 Å². The number of allylic oxidation sites excluding steroid dienone is 1. The van der Waals surface area contributed by atoms with E-state index in [0.29, 0.717) is 0 Å².